The Kier molecular flexibility index (Phi) is 11.1. The molecule has 14 nitrogen and oxygen atoms in total. The van der Waals surface area contributed by atoms with E-state index in [1.54, 1.807) is 18.7 Å². The van der Waals surface area contributed by atoms with Gasteiger partial charge in [0.1, 0.15) is 23.2 Å². The number of amides is 4. The van der Waals surface area contributed by atoms with Crippen LogP contribution in [0.1, 0.15) is 77.1 Å². The smallest absolute Gasteiger partial charge is 0.407 e. The van der Waals surface area contributed by atoms with E-state index in [0.29, 0.717) is 13.1 Å². The Morgan fingerprint density at radius 1 is 0.719 bits per heavy atom. The molecule has 2 aliphatic heterocycles. The number of aromatic amines is 2. The van der Waals surface area contributed by atoms with Crippen molar-refractivity contribution in [2.45, 2.75) is 77.0 Å². The molecule has 4 N–H and O–H groups in total. The normalized spacial score (nSPS) is 17.5. The molecule has 0 radical (unpaired) electrons. The lowest BCUT2D eigenvalue weighted by atomic mass is 9.98. The number of hydrogen-bond acceptors (Lipinski definition) is 8. The molecule has 57 heavy (non-hydrogen) atoms. The Bertz CT molecular complexity index is 2280. The van der Waals surface area contributed by atoms with Crippen molar-refractivity contribution in [3.8, 4) is 33.6 Å². The van der Waals surface area contributed by atoms with Crippen molar-refractivity contribution in [2.24, 2.45) is 5.92 Å². The third-order valence-corrected chi connectivity index (χ3v) is 11.1. The number of methoxy groups -OCH3 is 2. The number of benzene rings is 3. The van der Waals surface area contributed by atoms with E-state index >= 15 is 0 Å². The number of imidazole rings is 2. The molecule has 0 bridgehead atoms. The summed E-state index contributed by atoms with van der Waals surface area (Å²) in [5.41, 5.74) is 4.74. The molecule has 14 heteroatoms. The monoisotopic (exact) mass is 774 g/mol. The highest BCUT2D eigenvalue weighted by atomic mass is 16.5. The zero-order valence-corrected chi connectivity index (χ0v) is 33.2. The fourth-order valence-electron chi connectivity index (χ4n) is 7.95. The van der Waals surface area contributed by atoms with E-state index in [-0.39, 0.29) is 29.8 Å². The maximum Gasteiger partial charge on any atom is 0.407 e. The van der Waals surface area contributed by atoms with Crippen LogP contribution in [0.25, 0.3) is 44.4 Å². The van der Waals surface area contributed by atoms with E-state index in [2.05, 4.69) is 91.2 Å². The van der Waals surface area contributed by atoms with Crippen LogP contribution >= 0.6 is 0 Å². The van der Waals surface area contributed by atoms with Crippen molar-refractivity contribution in [1.29, 1.82) is 0 Å². The predicted molar refractivity (Wildman–Crippen MR) is 216 cm³/mol. The highest BCUT2D eigenvalue weighted by molar-refractivity contribution is 5.91. The van der Waals surface area contributed by atoms with Crippen molar-refractivity contribution in [2.75, 3.05) is 27.3 Å². The number of likely N-dealkylation sites (tertiary alicyclic amines) is 2. The topological polar surface area (TPSA) is 175 Å². The Morgan fingerprint density at radius 2 is 1.23 bits per heavy atom. The van der Waals surface area contributed by atoms with Gasteiger partial charge < -0.3 is 39.9 Å². The number of ether oxygens (including phenoxy) is 2. The van der Waals surface area contributed by atoms with Gasteiger partial charge in [0.25, 0.3) is 0 Å². The molecule has 2 fully saturated rings. The minimum Gasteiger partial charge on any atom is -0.453 e. The molecular formula is C43H50N8O6. The third-order valence-electron chi connectivity index (χ3n) is 11.1. The lowest BCUT2D eigenvalue weighted by Gasteiger charge is -2.32. The maximum absolute atomic E-state index is 13.6. The first-order valence-electron chi connectivity index (χ1n) is 19.4. The maximum atomic E-state index is 13.6. The molecule has 3 aromatic carbocycles. The zero-order valence-electron chi connectivity index (χ0n) is 33.2. The molecule has 4 heterocycles. The van der Waals surface area contributed by atoms with Crippen LogP contribution in [0.4, 0.5) is 9.59 Å². The van der Waals surface area contributed by atoms with Gasteiger partial charge in [-0.25, -0.2) is 19.6 Å². The van der Waals surface area contributed by atoms with Crippen LogP contribution in [-0.2, 0) is 19.1 Å². The lowest BCUT2D eigenvalue weighted by molar-refractivity contribution is -0.138. The summed E-state index contributed by atoms with van der Waals surface area (Å²) in [4.78, 5) is 70.7. The van der Waals surface area contributed by atoms with E-state index in [1.165, 1.54) is 14.2 Å². The van der Waals surface area contributed by atoms with Crippen LogP contribution in [0.3, 0.4) is 0 Å². The number of aromatic nitrogens is 4. The summed E-state index contributed by atoms with van der Waals surface area (Å²) in [6.45, 7) is 8.34. The number of nitrogens with zero attached hydrogens (tertiary/aromatic N) is 4. The first-order chi connectivity index (χ1) is 27.4. The summed E-state index contributed by atoms with van der Waals surface area (Å²) in [6.07, 6.45) is 5.59. The van der Waals surface area contributed by atoms with E-state index in [9.17, 15) is 19.2 Å². The van der Waals surface area contributed by atoms with Gasteiger partial charge in [0.05, 0.1) is 50.1 Å². The van der Waals surface area contributed by atoms with Gasteiger partial charge in [0.2, 0.25) is 11.8 Å². The Labute approximate surface area is 331 Å². The third kappa shape index (κ3) is 8.07. The predicted octanol–water partition coefficient (Wildman–Crippen LogP) is 7.13. The number of fused-ring (bicyclic) bond motifs is 1. The molecule has 2 saturated heterocycles. The van der Waals surface area contributed by atoms with Gasteiger partial charge in [-0.05, 0) is 85.0 Å². The molecule has 7 rings (SSSR count). The average molecular weight is 775 g/mol. The van der Waals surface area contributed by atoms with Crippen LogP contribution in [0.5, 0.6) is 0 Å². The SMILES string of the molecule is COC(=O)NC(C(=O)N1CCCC1c1ncc(-c2ccc(-c3ccc4cc(-c5cnc(C6CCCN6C(=O)C(C)(C)NC(=O)OC)[nH]5)ccc4c3)cc2)[nH]1)C(C)C. The highest BCUT2D eigenvalue weighted by Crippen LogP contribution is 2.36. The molecule has 0 saturated carbocycles. The largest absolute Gasteiger partial charge is 0.453 e. The van der Waals surface area contributed by atoms with E-state index in [1.807, 2.05) is 31.1 Å². The fraction of sp³-hybridized carbons (Fsp3) is 0.395. The van der Waals surface area contributed by atoms with Crippen molar-refractivity contribution in [3.05, 3.63) is 84.7 Å². The van der Waals surface area contributed by atoms with E-state index in [0.717, 1.165) is 81.7 Å². The standard InChI is InChI=1S/C43H50N8O6/c1-25(2)36(48-41(54)56-5)39(52)50-19-7-9-34(50)37-44-23-32(46-37)27-13-11-26(12-14-27)28-15-16-30-22-31(18-17-29(30)21-28)33-24-45-38(47-33)35-10-8-20-51(35)40(53)43(3,4)49-42(55)57-6/h11-18,21-25,34-36H,7-10,19-20H2,1-6H3,(H,44,46)(H,45,47)(H,48,54)(H,49,55). The average Bonchev–Trinajstić information content (AvgIpc) is 4.05. The second-order valence-corrected chi connectivity index (χ2v) is 15.7. The molecule has 2 aliphatic rings. The van der Waals surface area contributed by atoms with Crippen molar-refractivity contribution >= 4 is 34.8 Å². The summed E-state index contributed by atoms with van der Waals surface area (Å²) in [5.74, 6) is 1.02. The summed E-state index contributed by atoms with van der Waals surface area (Å²) in [7, 11) is 2.57. The molecule has 4 amide bonds. The summed E-state index contributed by atoms with van der Waals surface area (Å²) in [6, 6.07) is 19.9. The molecule has 3 atom stereocenters. The van der Waals surface area contributed by atoms with E-state index in [4.69, 9.17) is 9.47 Å². The summed E-state index contributed by atoms with van der Waals surface area (Å²) in [5, 5.41) is 7.53. The van der Waals surface area contributed by atoms with Crippen LogP contribution in [0.15, 0.2) is 73.1 Å². The molecule has 2 aromatic heterocycles. The lowest BCUT2D eigenvalue weighted by Crippen LogP contribution is -2.55. The van der Waals surface area contributed by atoms with Crippen LogP contribution in [-0.4, -0.2) is 92.6 Å². The summed E-state index contributed by atoms with van der Waals surface area (Å²) >= 11 is 0. The number of nitrogens with one attached hydrogen (secondary N) is 4. The number of alkyl carbamates (subject to hydrolysis) is 2. The number of H-pyrrole nitrogens is 2. The molecule has 298 valence electrons. The van der Waals surface area contributed by atoms with Crippen molar-refractivity contribution in [3.63, 3.8) is 0 Å². The Balaban J connectivity index is 1.03. The highest BCUT2D eigenvalue weighted by Gasteiger charge is 2.41. The Morgan fingerprint density at radius 3 is 1.82 bits per heavy atom. The minimum atomic E-state index is -1.12. The van der Waals surface area contributed by atoms with Crippen molar-refractivity contribution in [1.82, 2.24) is 40.4 Å². The van der Waals surface area contributed by atoms with Gasteiger partial charge in [-0.1, -0.05) is 62.4 Å². The van der Waals surface area contributed by atoms with Gasteiger partial charge in [-0.2, -0.15) is 0 Å². The van der Waals surface area contributed by atoms with Crippen molar-refractivity contribution < 1.29 is 28.7 Å². The Hall–Kier alpha value is -6.18. The van der Waals surface area contributed by atoms with E-state index < -0.39 is 23.8 Å². The van der Waals surface area contributed by atoms with Gasteiger partial charge in [0.15, 0.2) is 0 Å². The molecule has 0 spiro atoms. The number of rotatable bonds is 10. The van der Waals surface area contributed by atoms with Crippen LogP contribution in [0.2, 0.25) is 0 Å². The number of carbonyl (C=O) groups is 4. The minimum absolute atomic E-state index is 0.104. The van der Waals surface area contributed by atoms with Gasteiger partial charge in [-0.15, -0.1) is 0 Å². The van der Waals surface area contributed by atoms with Crippen LogP contribution < -0.4 is 10.6 Å². The number of hydrogen-bond donors (Lipinski definition) is 4. The second-order valence-electron chi connectivity index (χ2n) is 15.7. The fourth-order valence-corrected chi connectivity index (χ4v) is 7.95. The van der Waals surface area contributed by atoms with Gasteiger partial charge in [0, 0.05) is 18.7 Å². The zero-order chi connectivity index (χ0) is 40.4. The molecular weight excluding hydrogens is 725 g/mol. The van der Waals surface area contributed by atoms with Gasteiger partial charge in [-0.3, -0.25) is 9.59 Å². The quantitative estimate of drug-likeness (QED) is 0.116. The van der Waals surface area contributed by atoms with Gasteiger partial charge >= 0.3 is 12.2 Å². The molecule has 5 aromatic rings. The second kappa shape index (κ2) is 16.1. The number of carbonyl (C=O) groups excluding carboxylic acids is 4. The molecule has 3 unspecified atom stereocenters. The first-order valence-corrected chi connectivity index (χ1v) is 19.4. The molecule has 0 aliphatic carbocycles. The summed E-state index contributed by atoms with van der Waals surface area (Å²) < 4.78 is 9.48. The van der Waals surface area contributed by atoms with Crippen LogP contribution in [0, 0.1) is 5.92 Å². The first kappa shape index (κ1) is 39.1.